The van der Waals surface area contributed by atoms with E-state index < -0.39 is 0 Å². The minimum atomic E-state index is 0.00337. The molecule has 148 valence electrons. The number of carbonyl (C=O) groups is 1. The number of halogens is 1. The molecule has 1 aliphatic carbocycles. The Morgan fingerprint density at radius 2 is 2.11 bits per heavy atom. The molecule has 0 unspecified atom stereocenters. The van der Waals surface area contributed by atoms with Crippen LogP contribution in [0, 0.1) is 12.3 Å². The third-order valence-corrected chi connectivity index (χ3v) is 6.61. The maximum Gasteiger partial charge on any atom is 0.266 e. The minimum Gasteiger partial charge on any atom is -0.490 e. The molecule has 1 aromatic rings. The van der Waals surface area contributed by atoms with Crippen molar-refractivity contribution in [2.45, 2.75) is 45.1 Å². The fraction of sp³-hybridized carbons (Fsp3) is 0.429. The molecule has 1 amide bonds. The van der Waals surface area contributed by atoms with E-state index in [2.05, 4.69) is 21.9 Å². The second-order valence-electron chi connectivity index (χ2n) is 6.60. The van der Waals surface area contributed by atoms with Crippen molar-refractivity contribution in [1.82, 2.24) is 4.90 Å². The van der Waals surface area contributed by atoms with Crippen LogP contribution in [0.3, 0.4) is 0 Å². The molecule has 2 fully saturated rings. The summed E-state index contributed by atoms with van der Waals surface area (Å²) in [6.07, 6.45) is 12.8. The molecule has 0 radical (unpaired) electrons. The van der Waals surface area contributed by atoms with Crippen molar-refractivity contribution in [1.29, 1.82) is 0 Å². The van der Waals surface area contributed by atoms with Crippen LogP contribution in [0.1, 0.15) is 44.6 Å². The van der Waals surface area contributed by atoms with Crippen molar-refractivity contribution in [3.05, 3.63) is 27.1 Å². The topological polar surface area (TPSA) is 38.8 Å². The number of thioether (sulfide) groups is 1. The molecule has 0 aromatic heterocycles. The Bertz CT molecular complexity index is 841. The van der Waals surface area contributed by atoms with E-state index in [-0.39, 0.29) is 18.6 Å². The summed E-state index contributed by atoms with van der Waals surface area (Å²) in [5, 5.41) is 0. The van der Waals surface area contributed by atoms with Gasteiger partial charge in [-0.1, -0.05) is 49.2 Å². The molecule has 0 bridgehead atoms. The molecule has 0 atom stereocenters. The van der Waals surface area contributed by atoms with Crippen LogP contribution < -0.4 is 9.47 Å². The molecule has 1 heterocycles. The Morgan fingerprint density at radius 3 is 2.79 bits per heavy atom. The van der Waals surface area contributed by atoms with Crippen molar-refractivity contribution < 1.29 is 14.3 Å². The molecular weight excluding hydrogens is 458 g/mol. The van der Waals surface area contributed by atoms with E-state index in [1.165, 1.54) is 18.2 Å². The van der Waals surface area contributed by atoms with Gasteiger partial charge in [0.05, 0.1) is 16.0 Å². The molecule has 1 saturated heterocycles. The second kappa shape index (κ2) is 9.82. The average molecular weight is 480 g/mol. The average Bonchev–Trinajstić information content (AvgIpc) is 2.95. The first-order chi connectivity index (χ1) is 13.5. The zero-order valence-electron chi connectivity index (χ0n) is 15.7. The largest absolute Gasteiger partial charge is 0.490 e. The van der Waals surface area contributed by atoms with E-state index in [9.17, 15) is 4.79 Å². The lowest BCUT2D eigenvalue weighted by Crippen LogP contribution is -2.39. The van der Waals surface area contributed by atoms with Gasteiger partial charge in [-0.15, -0.1) is 6.42 Å². The van der Waals surface area contributed by atoms with Crippen LogP contribution in [0.5, 0.6) is 11.5 Å². The normalized spacial score (nSPS) is 19.2. The third kappa shape index (κ3) is 4.73. The highest BCUT2D eigenvalue weighted by atomic mass is 79.9. The van der Waals surface area contributed by atoms with Crippen LogP contribution in [0.25, 0.3) is 6.08 Å². The van der Waals surface area contributed by atoms with Crippen molar-refractivity contribution in [2.24, 2.45) is 0 Å². The van der Waals surface area contributed by atoms with E-state index in [0.717, 1.165) is 35.7 Å². The van der Waals surface area contributed by atoms with Crippen LogP contribution in [0.15, 0.2) is 21.5 Å². The Kier molecular flexibility index (Phi) is 7.44. The summed E-state index contributed by atoms with van der Waals surface area (Å²) in [5.74, 6) is 3.60. The van der Waals surface area contributed by atoms with Gasteiger partial charge >= 0.3 is 0 Å². The summed E-state index contributed by atoms with van der Waals surface area (Å²) >= 11 is 10.4. The van der Waals surface area contributed by atoms with Gasteiger partial charge in [-0.05, 0) is 59.5 Å². The number of terminal acetylenes is 1. The first-order valence-corrected chi connectivity index (χ1v) is 11.4. The molecule has 1 saturated carbocycles. The van der Waals surface area contributed by atoms with Gasteiger partial charge in [-0.25, -0.2) is 0 Å². The molecule has 0 spiro atoms. The minimum absolute atomic E-state index is 0.00337. The number of amides is 1. The first kappa shape index (κ1) is 21.2. The van der Waals surface area contributed by atoms with Gasteiger partial charge in [0.1, 0.15) is 10.9 Å². The molecule has 2 aliphatic rings. The molecular formula is C21H22BrNO3S2. The number of benzene rings is 1. The van der Waals surface area contributed by atoms with Gasteiger partial charge in [0, 0.05) is 6.04 Å². The lowest BCUT2D eigenvalue weighted by Gasteiger charge is -2.29. The summed E-state index contributed by atoms with van der Waals surface area (Å²) in [4.78, 5) is 15.4. The van der Waals surface area contributed by atoms with Gasteiger partial charge < -0.3 is 9.47 Å². The highest BCUT2D eigenvalue weighted by Crippen LogP contribution is 2.40. The number of hydrogen-bond donors (Lipinski definition) is 0. The summed E-state index contributed by atoms with van der Waals surface area (Å²) in [6, 6.07) is 3.98. The zero-order chi connectivity index (χ0) is 20.1. The standard InChI is InChI=1S/C21H22BrNO3S2/c1-3-10-26-19-16(22)11-14(12-17(19)25-4-2)13-18-20(24)23(21(27)28-18)15-8-6-5-7-9-15/h1,11-13,15H,4-10H2,2H3/b18-13+. The maximum absolute atomic E-state index is 13.0. The summed E-state index contributed by atoms with van der Waals surface area (Å²) in [5.41, 5.74) is 0.840. The lowest BCUT2D eigenvalue weighted by molar-refractivity contribution is -0.124. The van der Waals surface area contributed by atoms with Gasteiger partial charge in [-0.2, -0.15) is 0 Å². The van der Waals surface area contributed by atoms with E-state index >= 15 is 0 Å². The summed E-state index contributed by atoms with van der Waals surface area (Å²) < 4.78 is 12.7. The number of carbonyl (C=O) groups excluding carboxylic acids is 1. The monoisotopic (exact) mass is 479 g/mol. The second-order valence-corrected chi connectivity index (χ2v) is 9.13. The maximum atomic E-state index is 13.0. The van der Waals surface area contributed by atoms with Gasteiger partial charge in [0.15, 0.2) is 11.5 Å². The predicted molar refractivity (Wildman–Crippen MR) is 122 cm³/mol. The van der Waals surface area contributed by atoms with Gasteiger partial charge in [0.2, 0.25) is 0 Å². The Balaban J connectivity index is 1.87. The van der Waals surface area contributed by atoms with Crippen molar-refractivity contribution in [3.63, 3.8) is 0 Å². The highest BCUT2D eigenvalue weighted by Gasteiger charge is 2.37. The van der Waals surface area contributed by atoms with Crippen LogP contribution in [0.4, 0.5) is 0 Å². The van der Waals surface area contributed by atoms with Gasteiger partial charge in [-0.3, -0.25) is 9.69 Å². The number of hydrogen-bond acceptors (Lipinski definition) is 5. The fourth-order valence-electron chi connectivity index (χ4n) is 3.47. The van der Waals surface area contributed by atoms with E-state index in [1.54, 1.807) is 0 Å². The quantitative estimate of drug-likeness (QED) is 0.310. The highest BCUT2D eigenvalue weighted by molar-refractivity contribution is 9.10. The van der Waals surface area contributed by atoms with Crippen LogP contribution >= 0.6 is 39.9 Å². The smallest absolute Gasteiger partial charge is 0.266 e. The summed E-state index contributed by atoms with van der Waals surface area (Å²) in [6.45, 7) is 2.55. The van der Waals surface area contributed by atoms with E-state index in [1.807, 2.05) is 30.0 Å². The Morgan fingerprint density at radius 1 is 1.36 bits per heavy atom. The number of ether oxygens (including phenoxy) is 2. The molecule has 1 aliphatic heterocycles. The molecule has 4 nitrogen and oxygen atoms in total. The fourth-order valence-corrected chi connectivity index (χ4v) is 5.45. The van der Waals surface area contributed by atoms with E-state index in [4.69, 9.17) is 28.1 Å². The molecule has 28 heavy (non-hydrogen) atoms. The van der Waals surface area contributed by atoms with Crippen molar-refractivity contribution in [3.8, 4) is 23.8 Å². The van der Waals surface area contributed by atoms with E-state index in [0.29, 0.717) is 27.3 Å². The number of thiocarbonyl (C=S) groups is 1. The predicted octanol–water partition coefficient (Wildman–Crippen LogP) is 5.39. The number of nitrogens with zero attached hydrogens (tertiary/aromatic N) is 1. The lowest BCUT2D eigenvalue weighted by atomic mass is 9.94. The first-order valence-electron chi connectivity index (χ1n) is 9.34. The molecule has 0 N–H and O–H groups in total. The van der Waals surface area contributed by atoms with Crippen molar-refractivity contribution in [2.75, 3.05) is 13.2 Å². The van der Waals surface area contributed by atoms with Crippen LogP contribution in [-0.2, 0) is 4.79 Å². The molecule has 1 aromatic carbocycles. The van der Waals surface area contributed by atoms with Crippen molar-refractivity contribution >= 4 is 56.2 Å². The Labute approximate surface area is 184 Å². The van der Waals surface area contributed by atoms with Gasteiger partial charge in [0.25, 0.3) is 5.91 Å². The summed E-state index contributed by atoms with van der Waals surface area (Å²) in [7, 11) is 0. The SMILES string of the molecule is C#CCOc1c(Br)cc(/C=C2/SC(=S)N(C3CCCCC3)C2=O)cc1OCC. The molecule has 3 rings (SSSR count). The molecule has 7 heteroatoms. The number of rotatable bonds is 6. The van der Waals surface area contributed by atoms with Crippen LogP contribution in [-0.4, -0.2) is 34.4 Å². The zero-order valence-corrected chi connectivity index (χ0v) is 18.9. The third-order valence-electron chi connectivity index (χ3n) is 4.69. The van der Waals surface area contributed by atoms with Crippen LogP contribution in [0.2, 0.25) is 0 Å². The Hall–Kier alpha value is -1.49.